The summed E-state index contributed by atoms with van der Waals surface area (Å²) in [6, 6.07) is 3.68. The maximum atomic E-state index is 8.84. The number of hydrogen-bond acceptors (Lipinski definition) is 5. The van der Waals surface area contributed by atoms with Gasteiger partial charge in [-0.25, -0.2) is 4.98 Å². The molecule has 0 atom stereocenters. The number of nitrogen functional groups attached to an aromatic ring is 1. The third kappa shape index (κ3) is 1.85. The van der Waals surface area contributed by atoms with Crippen molar-refractivity contribution in [3.63, 3.8) is 0 Å². The largest absolute Gasteiger partial charge is 0.395 e. The molecule has 1 fully saturated rings. The summed E-state index contributed by atoms with van der Waals surface area (Å²) in [5.74, 6) is 0.692. The van der Waals surface area contributed by atoms with Gasteiger partial charge in [0.1, 0.15) is 6.07 Å². The quantitative estimate of drug-likeness (QED) is 0.715. The second kappa shape index (κ2) is 4.15. The fraction of sp³-hybridized carbons (Fsp3) is 0.400. The van der Waals surface area contributed by atoms with Crippen molar-refractivity contribution in [2.45, 2.75) is 0 Å². The highest BCUT2D eigenvalue weighted by Crippen LogP contribution is 2.23. The summed E-state index contributed by atoms with van der Waals surface area (Å²) in [6.07, 6.45) is 1.61. The fourth-order valence-electron chi connectivity index (χ4n) is 1.59. The lowest BCUT2D eigenvalue weighted by atomic mass is 10.2. The topological polar surface area (TPSA) is 75.2 Å². The van der Waals surface area contributed by atoms with Crippen molar-refractivity contribution in [2.24, 2.45) is 0 Å². The Labute approximate surface area is 88.1 Å². The number of morpholine rings is 1. The van der Waals surface area contributed by atoms with Crippen LogP contribution in [0.2, 0.25) is 0 Å². The molecular weight excluding hydrogens is 192 g/mol. The smallest absolute Gasteiger partial charge is 0.153 e. The first kappa shape index (κ1) is 9.74. The molecule has 2 rings (SSSR count). The molecule has 5 nitrogen and oxygen atoms in total. The minimum atomic E-state index is 0.460. The van der Waals surface area contributed by atoms with Crippen molar-refractivity contribution >= 4 is 11.5 Å². The van der Waals surface area contributed by atoms with Gasteiger partial charge in [-0.15, -0.1) is 0 Å². The molecule has 0 saturated carbocycles. The first-order valence-corrected chi connectivity index (χ1v) is 4.80. The second-order valence-electron chi connectivity index (χ2n) is 3.31. The minimum Gasteiger partial charge on any atom is -0.395 e. The van der Waals surface area contributed by atoms with Crippen LogP contribution < -0.4 is 10.6 Å². The van der Waals surface area contributed by atoms with Gasteiger partial charge in [0, 0.05) is 19.3 Å². The molecule has 1 aromatic rings. The average Bonchev–Trinajstić information content (AvgIpc) is 2.30. The monoisotopic (exact) mass is 204 g/mol. The number of nitrogens with two attached hydrogens (primary N) is 1. The van der Waals surface area contributed by atoms with E-state index in [1.807, 2.05) is 4.90 Å². The van der Waals surface area contributed by atoms with Crippen molar-refractivity contribution in [1.29, 1.82) is 5.26 Å². The average molecular weight is 204 g/mol. The molecule has 0 bridgehead atoms. The highest BCUT2D eigenvalue weighted by molar-refractivity contribution is 5.70. The Morgan fingerprint density at radius 2 is 2.20 bits per heavy atom. The van der Waals surface area contributed by atoms with E-state index in [-0.39, 0.29) is 0 Å². The van der Waals surface area contributed by atoms with Crippen molar-refractivity contribution < 1.29 is 4.74 Å². The lowest BCUT2D eigenvalue weighted by Gasteiger charge is -2.28. The lowest BCUT2D eigenvalue weighted by molar-refractivity contribution is 0.122. The van der Waals surface area contributed by atoms with Gasteiger partial charge in [-0.05, 0) is 6.07 Å². The molecule has 0 amide bonds. The van der Waals surface area contributed by atoms with E-state index >= 15 is 0 Å². The molecule has 0 spiro atoms. The van der Waals surface area contributed by atoms with E-state index in [0.717, 1.165) is 13.1 Å². The van der Waals surface area contributed by atoms with Crippen molar-refractivity contribution in [3.8, 4) is 6.07 Å². The molecule has 5 heteroatoms. The minimum absolute atomic E-state index is 0.460. The van der Waals surface area contributed by atoms with Crippen LogP contribution in [0, 0.1) is 11.3 Å². The summed E-state index contributed by atoms with van der Waals surface area (Å²) in [7, 11) is 0. The Morgan fingerprint density at radius 3 is 2.87 bits per heavy atom. The van der Waals surface area contributed by atoms with Crippen LogP contribution in [-0.2, 0) is 4.74 Å². The van der Waals surface area contributed by atoms with Crippen LogP contribution in [0.3, 0.4) is 0 Å². The summed E-state index contributed by atoms with van der Waals surface area (Å²) in [4.78, 5) is 6.25. The first-order chi connectivity index (χ1) is 7.33. The Morgan fingerprint density at radius 1 is 1.47 bits per heavy atom. The van der Waals surface area contributed by atoms with E-state index in [1.165, 1.54) is 0 Å². The summed E-state index contributed by atoms with van der Waals surface area (Å²) >= 11 is 0. The molecule has 78 valence electrons. The molecule has 1 saturated heterocycles. The standard InChI is InChI=1S/C10H12N4O/c11-7-8-1-2-13-10(9(8)12)14-3-5-15-6-4-14/h1-2H,3-6,12H2. The molecule has 2 heterocycles. The van der Waals surface area contributed by atoms with Crippen LogP contribution in [0.5, 0.6) is 0 Å². The van der Waals surface area contributed by atoms with Gasteiger partial charge in [0.25, 0.3) is 0 Å². The van der Waals surface area contributed by atoms with Gasteiger partial charge in [0.2, 0.25) is 0 Å². The van der Waals surface area contributed by atoms with E-state index < -0.39 is 0 Å². The van der Waals surface area contributed by atoms with E-state index in [0.29, 0.717) is 30.3 Å². The number of aromatic nitrogens is 1. The number of ether oxygens (including phenoxy) is 1. The normalized spacial score (nSPS) is 16.1. The molecule has 0 radical (unpaired) electrons. The van der Waals surface area contributed by atoms with Gasteiger partial charge in [-0.1, -0.05) is 0 Å². The van der Waals surface area contributed by atoms with Crippen LogP contribution in [0.4, 0.5) is 11.5 Å². The fourth-order valence-corrected chi connectivity index (χ4v) is 1.59. The Hall–Kier alpha value is -1.80. The molecule has 15 heavy (non-hydrogen) atoms. The van der Waals surface area contributed by atoms with Gasteiger partial charge in [-0.3, -0.25) is 0 Å². The zero-order chi connectivity index (χ0) is 10.7. The first-order valence-electron chi connectivity index (χ1n) is 4.80. The summed E-state index contributed by atoms with van der Waals surface area (Å²) in [6.45, 7) is 2.90. The number of anilines is 2. The number of nitriles is 1. The van der Waals surface area contributed by atoms with E-state index in [1.54, 1.807) is 12.3 Å². The van der Waals surface area contributed by atoms with Gasteiger partial charge < -0.3 is 15.4 Å². The van der Waals surface area contributed by atoms with Crippen LogP contribution in [-0.4, -0.2) is 31.3 Å². The van der Waals surface area contributed by atoms with E-state index in [4.69, 9.17) is 15.7 Å². The molecule has 1 aromatic heterocycles. The maximum absolute atomic E-state index is 8.84. The Balaban J connectivity index is 2.31. The van der Waals surface area contributed by atoms with Crippen LogP contribution in [0.1, 0.15) is 5.56 Å². The molecule has 1 aliphatic rings. The number of nitrogens with zero attached hydrogens (tertiary/aromatic N) is 3. The van der Waals surface area contributed by atoms with E-state index in [9.17, 15) is 0 Å². The molecule has 0 unspecified atom stereocenters. The van der Waals surface area contributed by atoms with Gasteiger partial charge in [0.15, 0.2) is 5.82 Å². The third-order valence-electron chi connectivity index (χ3n) is 2.40. The van der Waals surface area contributed by atoms with Crippen molar-refractivity contribution in [2.75, 3.05) is 36.9 Å². The zero-order valence-corrected chi connectivity index (χ0v) is 8.31. The molecular formula is C10H12N4O. The summed E-state index contributed by atoms with van der Waals surface area (Å²) in [5.41, 5.74) is 6.80. The van der Waals surface area contributed by atoms with Crippen LogP contribution >= 0.6 is 0 Å². The zero-order valence-electron chi connectivity index (χ0n) is 8.31. The molecule has 0 aliphatic carbocycles. The second-order valence-corrected chi connectivity index (χ2v) is 3.31. The number of pyridine rings is 1. The van der Waals surface area contributed by atoms with Crippen molar-refractivity contribution in [1.82, 2.24) is 4.98 Å². The number of hydrogen-bond donors (Lipinski definition) is 1. The highest BCUT2D eigenvalue weighted by Gasteiger charge is 2.16. The van der Waals surface area contributed by atoms with Gasteiger partial charge in [0.05, 0.1) is 24.5 Å². The predicted octanol–water partition coefficient (Wildman–Crippen LogP) is 0.372. The van der Waals surface area contributed by atoms with Gasteiger partial charge in [-0.2, -0.15) is 5.26 Å². The SMILES string of the molecule is N#Cc1ccnc(N2CCOCC2)c1N. The summed E-state index contributed by atoms with van der Waals surface area (Å²) in [5, 5.41) is 8.84. The number of rotatable bonds is 1. The third-order valence-corrected chi connectivity index (χ3v) is 2.40. The Kier molecular flexibility index (Phi) is 2.70. The lowest BCUT2D eigenvalue weighted by Crippen LogP contribution is -2.37. The maximum Gasteiger partial charge on any atom is 0.153 e. The summed E-state index contributed by atoms with van der Waals surface area (Å²) < 4.78 is 5.24. The Bertz CT molecular complexity index is 393. The molecule has 0 aromatic carbocycles. The van der Waals surface area contributed by atoms with Crippen LogP contribution in [0.25, 0.3) is 0 Å². The highest BCUT2D eigenvalue weighted by atomic mass is 16.5. The van der Waals surface area contributed by atoms with E-state index in [2.05, 4.69) is 11.1 Å². The molecule has 2 N–H and O–H groups in total. The van der Waals surface area contributed by atoms with Crippen LogP contribution in [0.15, 0.2) is 12.3 Å². The molecule has 1 aliphatic heterocycles. The van der Waals surface area contributed by atoms with Gasteiger partial charge >= 0.3 is 0 Å². The van der Waals surface area contributed by atoms with Crippen molar-refractivity contribution in [3.05, 3.63) is 17.8 Å². The predicted molar refractivity (Wildman–Crippen MR) is 56.4 cm³/mol.